The number of aromatic nitrogens is 1. The normalized spacial score (nSPS) is 17.5. The van der Waals surface area contributed by atoms with Gasteiger partial charge in [0.05, 0.1) is 16.7 Å². The highest BCUT2D eigenvalue weighted by molar-refractivity contribution is 6.19. The summed E-state index contributed by atoms with van der Waals surface area (Å²) in [4.78, 5) is 10.6. The van der Waals surface area contributed by atoms with E-state index in [1.165, 1.54) is 38.1 Å². The lowest BCUT2D eigenvalue weighted by molar-refractivity contribution is 0.673. The Kier molecular flexibility index (Phi) is 7.17. The smallest absolute Gasteiger partial charge is 0.160 e. The third-order valence-electron chi connectivity index (χ3n) is 11.5. The maximum Gasteiger partial charge on any atom is 0.160 e. The van der Waals surface area contributed by atoms with Crippen LogP contribution < -0.4 is 5.32 Å². The van der Waals surface area contributed by atoms with E-state index < -0.39 is 0 Å². The Morgan fingerprint density at radius 3 is 2.09 bits per heavy atom. The molecule has 0 saturated heterocycles. The van der Waals surface area contributed by atoms with E-state index in [0.717, 1.165) is 62.5 Å². The van der Waals surface area contributed by atoms with Crippen LogP contribution in [0, 0.1) is 0 Å². The molecule has 1 aromatic heterocycles. The van der Waals surface area contributed by atoms with Crippen molar-refractivity contribution in [3.05, 3.63) is 216 Å². The molecule has 0 spiro atoms. The van der Waals surface area contributed by atoms with Crippen molar-refractivity contribution in [1.29, 1.82) is 0 Å². The highest BCUT2D eigenvalue weighted by atomic mass is 15.2. The number of nitrogens with one attached hydrogen (secondary N) is 1. The number of amidine groups is 2. The highest BCUT2D eigenvalue weighted by Crippen LogP contribution is 2.49. The first-order valence-electron chi connectivity index (χ1n) is 19.0. The van der Waals surface area contributed by atoms with Crippen molar-refractivity contribution in [2.24, 2.45) is 9.98 Å². The molecule has 1 N–H and O–H groups in total. The number of para-hydroxylation sites is 1. The maximum atomic E-state index is 5.32. The minimum Gasteiger partial charge on any atom is -0.344 e. The number of fused-ring (bicyclic) bond motifs is 7. The molecular weight excluding hydrogens is 669 g/mol. The summed E-state index contributed by atoms with van der Waals surface area (Å²) in [7, 11) is 0. The fourth-order valence-electron chi connectivity index (χ4n) is 8.85. The zero-order valence-corrected chi connectivity index (χ0v) is 30.2. The molecule has 0 bridgehead atoms. The second-order valence-electron chi connectivity index (χ2n) is 14.6. The monoisotopic (exact) mass is 704 g/mol. The molecule has 7 aromatic carbocycles. The van der Waals surface area contributed by atoms with Gasteiger partial charge in [-0.05, 0) is 69.3 Å². The Balaban J connectivity index is 1.07. The Labute approximate surface area is 319 Å². The fraction of sp³-hybridized carbons (Fsp3) is 0.0588. The molecule has 8 aromatic rings. The van der Waals surface area contributed by atoms with Crippen LogP contribution in [0.3, 0.4) is 0 Å². The van der Waals surface area contributed by atoms with E-state index in [2.05, 4.69) is 180 Å². The molecule has 2 heterocycles. The second kappa shape index (κ2) is 12.5. The molecular formula is C51H36N4. The first kappa shape index (κ1) is 31.5. The van der Waals surface area contributed by atoms with E-state index in [0.29, 0.717) is 11.8 Å². The van der Waals surface area contributed by atoms with Crippen molar-refractivity contribution < 1.29 is 0 Å². The summed E-state index contributed by atoms with van der Waals surface area (Å²) in [6, 6.07) is 56.3. The van der Waals surface area contributed by atoms with Gasteiger partial charge in [0.1, 0.15) is 12.0 Å². The van der Waals surface area contributed by atoms with E-state index in [9.17, 15) is 0 Å². The summed E-state index contributed by atoms with van der Waals surface area (Å²) >= 11 is 0. The summed E-state index contributed by atoms with van der Waals surface area (Å²) in [5.41, 5.74) is 13.5. The van der Waals surface area contributed by atoms with E-state index in [-0.39, 0.29) is 6.17 Å². The van der Waals surface area contributed by atoms with Crippen molar-refractivity contribution in [2.45, 2.75) is 18.5 Å². The zero-order valence-electron chi connectivity index (χ0n) is 30.2. The van der Waals surface area contributed by atoms with Gasteiger partial charge in [-0.1, -0.05) is 158 Å². The molecule has 2 atom stereocenters. The van der Waals surface area contributed by atoms with Crippen LogP contribution in [0.2, 0.25) is 0 Å². The number of benzene rings is 7. The van der Waals surface area contributed by atoms with Crippen LogP contribution in [0.15, 0.2) is 198 Å². The first-order valence-corrected chi connectivity index (χ1v) is 19.0. The summed E-state index contributed by atoms with van der Waals surface area (Å²) in [5.74, 6) is 1.89. The van der Waals surface area contributed by atoms with Gasteiger partial charge >= 0.3 is 0 Å². The van der Waals surface area contributed by atoms with Crippen LogP contribution in [-0.4, -0.2) is 16.2 Å². The van der Waals surface area contributed by atoms with Gasteiger partial charge in [-0.3, -0.25) is 0 Å². The molecule has 0 fully saturated rings. The van der Waals surface area contributed by atoms with Gasteiger partial charge in [-0.2, -0.15) is 0 Å². The first-order chi connectivity index (χ1) is 27.2. The molecule has 2 unspecified atom stereocenters. The van der Waals surface area contributed by atoms with Crippen molar-refractivity contribution in [2.75, 3.05) is 0 Å². The third-order valence-corrected chi connectivity index (χ3v) is 11.5. The summed E-state index contributed by atoms with van der Waals surface area (Å²) < 4.78 is 2.43. The van der Waals surface area contributed by atoms with Crippen molar-refractivity contribution in [1.82, 2.24) is 9.88 Å². The van der Waals surface area contributed by atoms with Crippen molar-refractivity contribution in [3.8, 4) is 16.8 Å². The van der Waals surface area contributed by atoms with Crippen molar-refractivity contribution >= 4 is 49.8 Å². The lowest BCUT2D eigenvalue weighted by Gasteiger charge is -2.26. The number of hydrogen-bond donors (Lipinski definition) is 1. The lowest BCUT2D eigenvalue weighted by atomic mass is 9.90. The van der Waals surface area contributed by atoms with Crippen LogP contribution in [0.25, 0.3) is 55.0 Å². The van der Waals surface area contributed by atoms with Gasteiger partial charge in [0.2, 0.25) is 0 Å². The topological polar surface area (TPSA) is 41.7 Å². The number of hydrogen-bond acceptors (Lipinski definition) is 3. The predicted octanol–water partition coefficient (Wildman–Crippen LogP) is 12.1. The lowest BCUT2D eigenvalue weighted by Crippen LogP contribution is -2.34. The molecule has 3 aliphatic rings. The molecule has 260 valence electrons. The van der Waals surface area contributed by atoms with Gasteiger partial charge in [0, 0.05) is 39.0 Å². The van der Waals surface area contributed by atoms with E-state index in [4.69, 9.17) is 16.6 Å². The van der Waals surface area contributed by atoms with Gasteiger partial charge in [-0.25, -0.2) is 9.98 Å². The van der Waals surface area contributed by atoms with Gasteiger partial charge in [-0.15, -0.1) is 0 Å². The van der Waals surface area contributed by atoms with E-state index in [1.807, 2.05) is 6.07 Å². The minimum absolute atomic E-state index is 0.288. The minimum atomic E-state index is -0.288. The number of rotatable bonds is 5. The largest absolute Gasteiger partial charge is 0.344 e. The summed E-state index contributed by atoms with van der Waals surface area (Å²) in [5, 5.41) is 8.63. The molecule has 55 heavy (non-hydrogen) atoms. The average molecular weight is 705 g/mol. The van der Waals surface area contributed by atoms with E-state index >= 15 is 0 Å². The number of aliphatic imine (C=N–C) groups is 2. The molecule has 2 aliphatic carbocycles. The van der Waals surface area contributed by atoms with Crippen LogP contribution in [0.1, 0.15) is 46.3 Å². The van der Waals surface area contributed by atoms with Crippen LogP contribution in [0.4, 0.5) is 0 Å². The SMILES string of the molecule is C=C1c2cccc(C3=NC(c4ccccc4)NC(C4=CCC(c5ccccc5)C=C4)=N3)c2-c2cccc(-n3c4ccccc4c4cc5ccccc5cc43)c21. The molecule has 0 saturated carbocycles. The van der Waals surface area contributed by atoms with Crippen LogP contribution in [0.5, 0.6) is 0 Å². The standard InChI is InChI=1S/C51H36N4/c1-32-39-21-12-23-42(51-53-49(35-16-6-3-7-17-35)52-50(54-51)36-28-26-34(27-29-36)33-14-4-2-5-15-33)48(39)41-22-13-25-45(47(32)41)55-44-24-11-10-20-40(44)43-30-37-18-8-9-19-38(37)31-46(43)55/h2-26,28-31,34,49H,1,27H2,(H,52,53,54). The summed E-state index contributed by atoms with van der Waals surface area (Å²) in [6.07, 6.45) is 7.45. The fourth-order valence-corrected chi connectivity index (χ4v) is 8.85. The Morgan fingerprint density at radius 2 is 1.29 bits per heavy atom. The van der Waals surface area contributed by atoms with Crippen molar-refractivity contribution in [3.63, 3.8) is 0 Å². The Hall–Kier alpha value is -7.04. The molecule has 0 amide bonds. The number of nitrogens with zero attached hydrogens (tertiary/aromatic N) is 3. The Bertz CT molecular complexity index is 3000. The average Bonchev–Trinajstić information content (AvgIpc) is 3.74. The highest BCUT2D eigenvalue weighted by Gasteiger charge is 2.32. The van der Waals surface area contributed by atoms with Crippen LogP contribution >= 0.6 is 0 Å². The van der Waals surface area contributed by atoms with Gasteiger partial charge in [0.25, 0.3) is 0 Å². The number of allylic oxidation sites excluding steroid dienone is 2. The van der Waals surface area contributed by atoms with E-state index in [1.54, 1.807) is 0 Å². The van der Waals surface area contributed by atoms with Crippen LogP contribution in [-0.2, 0) is 0 Å². The zero-order chi connectivity index (χ0) is 36.5. The van der Waals surface area contributed by atoms with Gasteiger partial charge in [0.15, 0.2) is 5.84 Å². The second-order valence-corrected chi connectivity index (χ2v) is 14.6. The van der Waals surface area contributed by atoms with Gasteiger partial charge < -0.3 is 9.88 Å². The maximum absolute atomic E-state index is 5.32. The molecule has 1 aliphatic heterocycles. The molecule has 11 rings (SSSR count). The molecule has 0 radical (unpaired) electrons. The predicted molar refractivity (Wildman–Crippen MR) is 229 cm³/mol. The quantitative estimate of drug-likeness (QED) is 0.190. The third kappa shape index (κ3) is 5.06. The summed E-state index contributed by atoms with van der Waals surface area (Å²) in [6.45, 7) is 4.77. The molecule has 4 nitrogen and oxygen atoms in total. The Morgan fingerprint density at radius 1 is 0.600 bits per heavy atom. The molecule has 4 heteroatoms.